The Hall–Kier alpha value is -2.48. The highest BCUT2D eigenvalue weighted by Crippen LogP contribution is 2.17. The average Bonchev–Trinajstić information content (AvgIpc) is 2.99. The number of nitrogens with two attached hydrogens (primary N) is 1. The van der Waals surface area contributed by atoms with Gasteiger partial charge in [0.05, 0.1) is 19.8 Å². The first kappa shape index (κ1) is 21.2. The van der Waals surface area contributed by atoms with Gasteiger partial charge in [-0.3, -0.25) is 15.4 Å². The molecular formula is C21H24ClFN4O2. The first-order valence-electron chi connectivity index (χ1n) is 9.49. The quantitative estimate of drug-likeness (QED) is 0.406. The molecule has 2 heterocycles. The predicted octanol–water partition coefficient (Wildman–Crippen LogP) is -1.13. The fourth-order valence-electron chi connectivity index (χ4n) is 3.65. The number of rotatable bonds is 6. The molecule has 3 aromatic rings. The van der Waals surface area contributed by atoms with Crippen LogP contribution in [0.1, 0.15) is 10.4 Å². The van der Waals surface area contributed by atoms with E-state index in [1.807, 2.05) is 28.8 Å². The minimum Gasteiger partial charge on any atom is -1.00 e. The predicted molar refractivity (Wildman–Crippen MR) is 105 cm³/mol. The van der Waals surface area contributed by atoms with Crippen LogP contribution in [0, 0.1) is 5.82 Å². The van der Waals surface area contributed by atoms with Gasteiger partial charge in [-0.25, -0.2) is 13.5 Å². The van der Waals surface area contributed by atoms with Gasteiger partial charge in [0, 0.05) is 25.2 Å². The van der Waals surface area contributed by atoms with Crippen LogP contribution in [0.2, 0.25) is 0 Å². The van der Waals surface area contributed by atoms with Crippen LogP contribution >= 0.6 is 0 Å². The summed E-state index contributed by atoms with van der Waals surface area (Å²) in [5.74, 6) is 0.0844. The van der Waals surface area contributed by atoms with E-state index in [0.717, 1.165) is 50.4 Å². The van der Waals surface area contributed by atoms with Gasteiger partial charge in [0.15, 0.2) is 5.78 Å². The molecule has 1 aliphatic rings. The molecule has 1 aliphatic heterocycles. The molecule has 0 saturated carbocycles. The molecule has 1 saturated heterocycles. The highest BCUT2D eigenvalue weighted by Gasteiger charge is 2.23. The molecule has 6 nitrogen and oxygen atoms in total. The summed E-state index contributed by atoms with van der Waals surface area (Å²) in [7, 11) is 0. The molecule has 2 N–H and O–H groups in total. The molecule has 0 radical (unpaired) electrons. The average molecular weight is 419 g/mol. The molecule has 8 heteroatoms. The molecular weight excluding hydrogens is 395 g/mol. The topological polar surface area (TPSA) is 64.4 Å². The standard InChI is InChI=1S/C21H23FN4O2.ClH/c22-17-7-5-16(6-8-17)20(27)15-26-19-4-2-1-3-18(19)25(21(26)23)10-9-24-11-13-28-14-12-24;/h1-8,23H,9-15H2;1H. The maximum Gasteiger partial charge on any atom is 0.356 e. The maximum atomic E-state index is 13.1. The van der Waals surface area contributed by atoms with Gasteiger partial charge in [-0.1, -0.05) is 12.1 Å². The van der Waals surface area contributed by atoms with Crippen molar-refractivity contribution in [3.8, 4) is 0 Å². The third-order valence-electron chi connectivity index (χ3n) is 5.23. The highest BCUT2D eigenvalue weighted by molar-refractivity contribution is 5.95. The first-order valence-corrected chi connectivity index (χ1v) is 9.49. The first-order chi connectivity index (χ1) is 13.6. The molecule has 0 unspecified atom stereocenters. The van der Waals surface area contributed by atoms with Crippen molar-refractivity contribution in [1.82, 2.24) is 9.47 Å². The van der Waals surface area contributed by atoms with Crippen LogP contribution in [0.5, 0.6) is 0 Å². The van der Waals surface area contributed by atoms with Crippen molar-refractivity contribution in [3.63, 3.8) is 0 Å². The van der Waals surface area contributed by atoms with Gasteiger partial charge in [-0.15, -0.1) is 0 Å². The summed E-state index contributed by atoms with van der Waals surface area (Å²) >= 11 is 0. The van der Waals surface area contributed by atoms with Gasteiger partial charge < -0.3 is 17.1 Å². The number of halogens is 2. The van der Waals surface area contributed by atoms with Crippen molar-refractivity contribution < 1.29 is 30.9 Å². The number of fused-ring (bicyclic) bond motifs is 1. The van der Waals surface area contributed by atoms with Crippen LogP contribution in [0.4, 0.5) is 10.3 Å². The number of morpholine rings is 1. The summed E-state index contributed by atoms with van der Waals surface area (Å²) in [5, 5.41) is 0. The molecule has 0 aliphatic carbocycles. The summed E-state index contributed by atoms with van der Waals surface area (Å²) in [4.78, 5) is 15.1. The van der Waals surface area contributed by atoms with Gasteiger partial charge in [0.2, 0.25) is 0 Å². The zero-order valence-corrected chi connectivity index (χ0v) is 16.8. The van der Waals surface area contributed by atoms with E-state index in [-0.39, 0.29) is 30.6 Å². The Morgan fingerprint density at radius 1 is 1.07 bits per heavy atom. The van der Waals surface area contributed by atoms with Crippen molar-refractivity contribution in [2.24, 2.45) is 0 Å². The number of imidazole rings is 1. The lowest BCUT2D eigenvalue weighted by Crippen LogP contribution is -3.00. The molecule has 1 aromatic heterocycles. The third kappa shape index (κ3) is 4.58. The Morgan fingerprint density at radius 3 is 2.48 bits per heavy atom. The van der Waals surface area contributed by atoms with E-state index in [4.69, 9.17) is 10.5 Å². The normalized spacial score (nSPS) is 14.7. The number of hydrogen-bond acceptors (Lipinski definition) is 4. The van der Waals surface area contributed by atoms with E-state index in [0.29, 0.717) is 11.5 Å². The van der Waals surface area contributed by atoms with E-state index in [1.165, 1.54) is 24.3 Å². The molecule has 4 rings (SSSR count). The minimum absolute atomic E-state index is 0. The number of ether oxygens (including phenoxy) is 1. The molecule has 2 aromatic carbocycles. The fraction of sp³-hybridized carbons (Fsp3) is 0.333. The molecule has 0 spiro atoms. The Bertz CT molecular complexity index is 984. The lowest BCUT2D eigenvalue weighted by Gasteiger charge is -2.25. The number of aromatic nitrogens is 2. The van der Waals surface area contributed by atoms with Crippen LogP contribution in [-0.4, -0.2) is 48.1 Å². The maximum absolute atomic E-state index is 13.1. The molecule has 0 amide bonds. The summed E-state index contributed by atoms with van der Waals surface area (Å²) in [6, 6.07) is 13.5. The van der Waals surface area contributed by atoms with Crippen LogP contribution < -0.4 is 22.7 Å². The van der Waals surface area contributed by atoms with E-state index < -0.39 is 0 Å². The number of ketones is 1. The number of hydrogen-bond donors (Lipinski definition) is 1. The molecule has 1 fully saturated rings. The second-order valence-electron chi connectivity index (χ2n) is 6.97. The number of nitrogens with zero attached hydrogens (tertiary/aromatic N) is 3. The van der Waals surface area contributed by atoms with Crippen molar-refractivity contribution >= 4 is 22.8 Å². The van der Waals surface area contributed by atoms with Gasteiger partial charge in [0.25, 0.3) is 0 Å². The zero-order chi connectivity index (χ0) is 19.5. The van der Waals surface area contributed by atoms with Gasteiger partial charge in [0.1, 0.15) is 23.4 Å². The lowest BCUT2D eigenvalue weighted by atomic mass is 10.1. The summed E-state index contributed by atoms with van der Waals surface area (Å²) in [6.45, 7) is 5.08. The van der Waals surface area contributed by atoms with E-state index in [9.17, 15) is 9.18 Å². The van der Waals surface area contributed by atoms with Crippen LogP contribution in [0.25, 0.3) is 11.0 Å². The van der Waals surface area contributed by atoms with Crippen LogP contribution in [-0.2, 0) is 17.8 Å². The van der Waals surface area contributed by atoms with Gasteiger partial charge in [-0.05, 0) is 36.4 Å². The smallest absolute Gasteiger partial charge is 0.356 e. The number of Topliss-reactive ketones (excluding diaryl/α,β-unsaturated/α-hetero) is 1. The lowest BCUT2D eigenvalue weighted by molar-refractivity contribution is -0.642. The molecule has 0 atom stereocenters. The van der Waals surface area contributed by atoms with E-state index in [1.54, 1.807) is 0 Å². The number of benzene rings is 2. The fourth-order valence-corrected chi connectivity index (χ4v) is 3.65. The molecule has 154 valence electrons. The summed E-state index contributed by atoms with van der Waals surface area (Å²) < 4.78 is 22.4. The third-order valence-corrected chi connectivity index (χ3v) is 5.23. The SMILES string of the molecule is Nc1n(CCN2CCOCC2)c2ccccc2[n+]1CC(=O)c1ccc(F)cc1.[Cl-]. The van der Waals surface area contributed by atoms with Gasteiger partial charge in [-0.2, -0.15) is 0 Å². The van der Waals surface area contributed by atoms with Crippen molar-refractivity contribution in [2.75, 3.05) is 38.6 Å². The van der Waals surface area contributed by atoms with E-state index in [2.05, 4.69) is 9.47 Å². The Balaban J connectivity index is 0.00000240. The Kier molecular flexibility index (Phi) is 6.84. The number of carbonyl (C=O) groups is 1. The second kappa shape index (κ2) is 9.35. The van der Waals surface area contributed by atoms with Crippen LogP contribution in [0.15, 0.2) is 48.5 Å². The molecule has 29 heavy (non-hydrogen) atoms. The number of carbonyl (C=O) groups excluding carboxylic acids is 1. The second-order valence-corrected chi connectivity index (χ2v) is 6.97. The van der Waals surface area contributed by atoms with E-state index >= 15 is 0 Å². The number of nitrogen functional groups attached to an aromatic ring is 1. The van der Waals surface area contributed by atoms with Gasteiger partial charge >= 0.3 is 5.95 Å². The Morgan fingerprint density at radius 2 is 1.76 bits per heavy atom. The largest absolute Gasteiger partial charge is 1.00 e. The minimum atomic E-state index is -0.358. The van der Waals surface area contributed by atoms with Crippen molar-refractivity contribution in [2.45, 2.75) is 13.1 Å². The highest BCUT2D eigenvalue weighted by atomic mass is 35.5. The number of anilines is 1. The van der Waals surface area contributed by atoms with Crippen LogP contribution in [0.3, 0.4) is 0 Å². The van der Waals surface area contributed by atoms with Crippen molar-refractivity contribution in [3.05, 3.63) is 59.9 Å². The van der Waals surface area contributed by atoms with Crippen molar-refractivity contribution in [1.29, 1.82) is 0 Å². The summed E-state index contributed by atoms with van der Waals surface area (Å²) in [5.41, 5.74) is 8.84. The Labute approximate surface area is 175 Å². The monoisotopic (exact) mass is 418 g/mol. The summed E-state index contributed by atoms with van der Waals surface area (Å²) in [6.07, 6.45) is 0. The number of para-hydroxylation sites is 2. The zero-order valence-electron chi connectivity index (χ0n) is 16.1. The molecule has 0 bridgehead atoms.